The highest BCUT2D eigenvalue weighted by Crippen LogP contribution is 2.44. The first-order valence-electron chi connectivity index (χ1n) is 53.9. The van der Waals surface area contributed by atoms with Crippen LogP contribution in [-0.4, -0.2) is 216 Å². The Labute approximate surface area is 792 Å². The van der Waals surface area contributed by atoms with E-state index in [1.165, 1.54) is 0 Å². The summed E-state index contributed by atoms with van der Waals surface area (Å²) in [4.78, 5) is 75.8. The average Bonchev–Trinajstić information content (AvgIpc) is 0.923. The van der Waals surface area contributed by atoms with Crippen molar-refractivity contribution in [3.8, 4) is 0 Å². The predicted molar refractivity (Wildman–Crippen MR) is 556 cm³/mol. The highest BCUT2D eigenvalue weighted by molar-refractivity contribution is 5.52. The van der Waals surface area contributed by atoms with Gasteiger partial charge in [0.25, 0.3) is 0 Å². The van der Waals surface area contributed by atoms with Crippen molar-refractivity contribution in [3.05, 3.63) is 0 Å². The van der Waals surface area contributed by atoms with Crippen molar-refractivity contribution < 1.29 is 0 Å². The minimum atomic E-state index is -0.139. The van der Waals surface area contributed by atoms with Crippen LogP contribution in [0.25, 0.3) is 0 Å². The maximum atomic E-state index is 6.20. The number of hydrogen-bond acceptors (Lipinski definition) is 23. The monoisotopic (exact) mass is 1800 g/mol. The molecule has 23 heteroatoms. The molecule has 2 unspecified atom stereocenters. The van der Waals surface area contributed by atoms with Gasteiger partial charge < -0.3 is 70.7 Å². The van der Waals surface area contributed by atoms with Gasteiger partial charge in [0.05, 0.1) is 0 Å². The number of unbranched alkanes of at least 4 members (excludes halogenated alkanes) is 15. The normalized spacial score (nSPS) is 21.3. The van der Waals surface area contributed by atoms with Gasteiger partial charge >= 0.3 is 0 Å². The maximum Gasteiger partial charge on any atom is 0.232 e. The molecule has 3 aromatic heterocycles. The fraction of sp³-hybridized carbons (Fsp3) is 0.915. The molecule has 0 radical (unpaired) electrons. The van der Waals surface area contributed by atoms with Crippen molar-refractivity contribution in [1.82, 2.24) is 71.4 Å². The number of aromatic nitrogens is 9. The lowest BCUT2D eigenvalue weighted by Gasteiger charge is -2.54. The standard InChI is InChI=1S/C106H203N23/c1-31-42-59-121(60-43-32-2)88-107-89(122(61-44-33-3)62-45-34-4)110-92(109-88)126(84-74-99(16,17)117-100(18,19)75-84)68-55-51-52-57-70-128(86-78-103(24,25)119-104(26,27)79-86)95-113-94(125(67-50-39-9)83-72-97(12,13)116-98(14,15)73-83)114-96(115-95)129(87-80-105(28,29)120-106(30,81-87)82(40-10)41-11)71-58-54-53-56-69-127(85-76-101(20,21)118-102(22,23)77-85)93-111-90(123(63-46-35-5)64-47-36-6)108-91(112-93)124(65-48-37-7)66-49-38-8/h82-87,116-120H,31-81H2,1-30H3. The maximum absolute atomic E-state index is 6.20. The van der Waals surface area contributed by atoms with Crippen LogP contribution in [0.1, 0.15) is 452 Å². The minimum absolute atomic E-state index is 0.0698. The Bertz CT molecular complexity index is 3530. The van der Waals surface area contributed by atoms with Crippen LogP contribution in [0.3, 0.4) is 0 Å². The van der Waals surface area contributed by atoms with Gasteiger partial charge in [-0.1, -0.05) is 172 Å². The summed E-state index contributed by atoms with van der Waals surface area (Å²) >= 11 is 0. The molecule has 5 fully saturated rings. The predicted octanol–water partition coefficient (Wildman–Crippen LogP) is 23.2. The molecule has 0 spiro atoms. The second-order valence-corrected chi connectivity index (χ2v) is 47.5. The number of anilines is 9. The largest absolute Gasteiger partial charge is 0.341 e. The Hall–Kier alpha value is -4.97. The van der Waals surface area contributed by atoms with E-state index in [0.717, 1.165) is 383 Å². The fourth-order valence-corrected chi connectivity index (χ4v) is 24.3. The summed E-state index contributed by atoms with van der Waals surface area (Å²) in [7, 11) is 0. The van der Waals surface area contributed by atoms with Crippen LogP contribution in [-0.2, 0) is 0 Å². The molecule has 8 rings (SSSR count). The van der Waals surface area contributed by atoms with E-state index in [-0.39, 0.29) is 85.6 Å². The molecule has 5 N–H and O–H groups in total. The van der Waals surface area contributed by atoms with Crippen LogP contribution in [0.15, 0.2) is 0 Å². The molecule has 23 nitrogen and oxygen atoms in total. The molecule has 8 heterocycles. The third-order valence-corrected chi connectivity index (χ3v) is 29.1. The van der Waals surface area contributed by atoms with Crippen LogP contribution in [0.2, 0.25) is 0 Å². The highest BCUT2D eigenvalue weighted by atomic mass is 15.4. The second kappa shape index (κ2) is 49.7. The molecule has 0 saturated carbocycles. The van der Waals surface area contributed by atoms with Gasteiger partial charge in [-0.2, -0.15) is 44.9 Å². The van der Waals surface area contributed by atoms with E-state index in [0.29, 0.717) is 5.92 Å². The van der Waals surface area contributed by atoms with E-state index in [1.807, 2.05) is 0 Å². The first kappa shape index (κ1) is 109. The number of rotatable bonds is 58. The van der Waals surface area contributed by atoms with Gasteiger partial charge in [0.15, 0.2) is 0 Å². The zero-order valence-electron chi connectivity index (χ0n) is 89.6. The van der Waals surface area contributed by atoms with Gasteiger partial charge in [0, 0.05) is 171 Å². The van der Waals surface area contributed by atoms with Gasteiger partial charge in [-0.15, -0.1) is 0 Å². The minimum Gasteiger partial charge on any atom is -0.341 e. The third kappa shape index (κ3) is 33.8. The van der Waals surface area contributed by atoms with E-state index >= 15 is 0 Å². The number of hydrogen-bond donors (Lipinski definition) is 5. The highest BCUT2D eigenvalue weighted by Gasteiger charge is 2.50. The number of nitrogens with zero attached hydrogens (tertiary/aromatic N) is 18. The summed E-state index contributed by atoms with van der Waals surface area (Å²) in [5.41, 5.74) is -0.959. The van der Waals surface area contributed by atoms with Crippen LogP contribution >= 0.6 is 0 Å². The molecule has 3 aromatic rings. The molecule has 5 aliphatic heterocycles. The summed E-state index contributed by atoms with van der Waals surface area (Å²) in [5, 5.41) is 20.7. The van der Waals surface area contributed by atoms with Crippen molar-refractivity contribution in [2.45, 2.75) is 537 Å². The Morgan fingerprint density at radius 2 is 0.357 bits per heavy atom. The molecule has 0 aliphatic carbocycles. The fourth-order valence-electron chi connectivity index (χ4n) is 24.3. The summed E-state index contributed by atoms with van der Waals surface area (Å²) in [5.74, 6) is 8.25. The molecular weight excluding hydrogens is 1600 g/mol. The molecule has 129 heavy (non-hydrogen) atoms. The van der Waals surface area contributed by atoms with Crippen molar-refractivity contribution >= 4 is 53.5 Å². The summed E-state index contributed by atoms with van der Waals surface area (Å²) < 4.78 is 0. The molecule has 0 aromatic carbocycles. The van der Waals surface area contributed by atoms with E-state index in [4.69, 9.17) is 44.9 Å². The average molecular weight is 1800 g/mol. The summed E-state index contributed by atoms with van der Waals surface area (Å²) in [6, 6.07) is 1.08. The molecule has 5 aliphatic rings. The Morgan fingerprint density at radius 1 is 0.202 bits per heavy atom. The molecule has 2 atom stereocenters. The van der Waals surface area contributed by atoms with E-state index < -0.39 is 0 Å². The van der Waals surface area contributed by atoms with Crippen molar-refractivity contribution in [2.24, 2.45) is 5.92 Å². The van der Waals surface area contributed by atoms with Gasteiger partial charge in [-0.3, -0.25) is 0 Å². The van der Waals surface area contributed by atoms with Gasteiger partial charge in [-0.25, -0.2) is 0 Å². The molecule has 5 saturated heterocycles. The second-order valence-electron chi connectivity index (χ2n) is 47.5. The lowest BCUT2D eigenvalue weighted by atomic mass is 9.70. The smallest absolute Gasteiger partial charge is 0.232 e. The third-order valence-electron chi connectivity index (χ3n) is 29.1. The van der Waals surface area contributed by atoms with E-state index in [1.54, 1.807) is 0 Å². The van der Waals surface area contributed by atoms with Gasteiger partial charge in [0.2, 0.25) is 53.5 Å². The quantitative estimate of drug-likeness (QED) is 0.0333. The molecular formula is C106H203N23. The summed E-state index contributed by atoms with van der Waals surface area (Å²) in [6.45, 7) is 83.9. The van der Waals surface area contributed by atoms with Crippen LogP contribution in [0.4, 0.5) is 53.5 Å². The Morgan fingerprint density at radius 3 is 0.543 bits per heavy atom. The van der Waals surface area contributed by atoms with E-state index in [9.17, 15) is 0 Å². The molecule has 742 valence electrons. The topological polar surface area (TPSA) is 205 Å². The SMILES string of the molecule is CCCCN(CCCC)c1nc(N(CCCC)CCCC)nc(N(CCCCCCN(c2nc(N(CCCC)C3CC(C)(C)NC(C)(C)C3)nc(N(CCCCCCN(c3nc(N(CCCC)CCCC)nc(N(CCCC)CCCC)n3)C3CC(C)(C)NC(C)(C)C3)C3CC(C)(C)NC(C)(C(CC)CC)C3)n2)C2CC(C)(C)NC(C)(C)C2)C2CC(C)(C)NC(C)(C)C2)n1. The zero-order chi connectivity index (χ0) is 94.8. The first-order chi connectivity index (χ1) is 60.9. The first-order valence-corrected chi connectivity index (χ1v) is 53.9. The van der Waals surface area contributed by atoms with Crippen molar-refractivity contribution in [2.75, 3.05) is 129 Å². The van der Waals surface area contributed by atoms with Crippen molar-refractivity contribution in [3.63, 3.8) is 0 Å². The van der Waals surface area contributed by atoms with Crippen molar-refractivity contribution in [1.29, 1.82) is 0 Å². The van der Waals surface area contributed by atoms with Crippen LogP contribution in [0.5, 0.6) is 0 Å². The van der Waals surface area contributed by atoms with Crippen LogP contribution < -0.4 is 70.7 Å². The molecule has 0 amide bonds. The lowest BCUT2D eigenvalue weighted by molar-refractivity contribution is 0.0871. The van der Waals surface area contributed by atoms with Gasteiger partial charge in [-0.05, 0) is 285 Å². The summed E-state index contributed by atoms with van der Waals surface area (Å²) in [6.07, 6.45) is 40.7. The molecule has 0 bridgehead atoms. The van der Waals surface area contributed by atoms with E-state index in [2.05, 4.69) is 278 Å². The zero-order valence-corrected chi connectivity index (χ0v) is 89.6. The van der Waals surface area contributed by atoms with Crippen LogP contribution in [0, 0.1) is 5.92 Å². The number of nitrogens with one attached hydrogen (secondary N) is 5. The Kier molecular flexibility index (Phi) is 42.1. The lowest BCUT2D eigenvalue weighted by Crippen LogP contribution is -2.66. The van der Waals surface area contributed by atoms with Gasteiger partial charge in [0.1, 0.15) is 0 Å². The number of piperidine rings is 5. The Balaban J connectivity index is 1.24.